The molecule has 0 aromatic carbocycles. The first-order chi connectivity index (χ1) is 11.8. The average Bonchev–Trinajstić information content (AvgIpc) is 2.62. The Bertz CT molecular complexity index is 693. The molecule has 2 fully saturated rings. The van der Waals surface area contributed by atoms with Gasteiger partial charge in [-0.15, -0.1) is 0 Å². The molecule has 2 N–H and O–H groups in total. The van der Waals surface area contributed by atoms with Gasteiger partial charge >= 0.3 is 0 Å². The van der Waals surface area contributed by atoms with Gasteiger partial charge in [-0.2, -0.15) is 0 Å². The van der Waals surface area contributed by atoms with Crippen LogP contribution in [0.25, 0.3) is 0 Å². The first kappa shape index (κ1) is 15.5. The quantitative estimate of drug-likeness (QED) is 0.906. The molecule has 1 saturated heterocycles. The Hall–Kier alpha value is -1.98. The fourth-order valence-electron chi connectivity index (χ4n) is 3.76. The molecule has 2 aromatic rings. The molecule has 5 nitrogen and oxygen atoms in total. The summed E-state index contributed by atoms with van der Waals surface area (Å²) in [4.78, 5) is 9.01. The highest BCUT2D eigenvalue weighted by Crippen LogP contribution is 2.48. The highest BCUT2D eigenvalue weighted by atomic mass is 16.5. The van der Waals surface area contributed by atoms with Crippen LogP contribution in [0.15, 0.2) is 36.7 Å². The van der Waals surface area contributed by atoms with Crippen molar-refractivity contribution in [2.45, 2.75) is 30.8 Å². The molecular formula is C19H24N4O. The second-order valence-electron chi connectivity index (χ2n) is 6.63. The van der Waals surface area contributed by atoms with Gasteiger partial charge in [0.05, 0.1) is 12.7 Å². The maximum absolute atomic E-state index is 5.95. The molecule has 4 rings (SSSR count). The van der Waals surface area contributed by atoms with Crippen LogP contribution in [0.3, 0.4) is 0 Å². The molecule has 126 valence electrons. The van der Waals surface area contributed by atoms with E-state index in [2.05, 4.69) is 33.8 Å². The van der Waals surface area contributed by atoms with Crippen molar-refractivity contribution < 1.29 is 4.74 Å². The third kappa shape index (κ3) is 3.01. The van der Waals surface area contributed by atoms with Gasteiger partial charge in [0, 0.05) is 49.7 Å². The number of nitrogens with one attached hydrogen (secondary N) is 2. The lowest BCUT2D eigenvalue weighted by molar-refractivity contribution is 0.0263. The van der Waals surface area contributed by atoms with E-state index < -0.39 is 0 Å². The highest BCUT2D eigenvalue weighted by Gasteiger charge is 2.35. The number of pyridine rings is 2. The first-order valence-corrected chi connectivity index (χ1v) is 8.76. The number of morpholine rings is 1. The fraction of sp³-hybridized carbons (Fsp3) is 0.474. The monoisotopic (exact) mass is 324 g/mol. The molecule has 24 heavy (non-hydrogen) atoms. The lowest BCUT2D eigenvalue weighted by Crippen LogP contribution is -2.34. The number of hydrogen-bond acceptors (Lipinski definition) is 5. The van der Waals surface area contributed by atoms with Crippen molar-refractivity contribution in [3.05, 3.63) is 53.5 Å². The van der Waals surface area contributed by atoms with E-state index in [1.807, 2.05) is 25.5 Å². The Labute approximate surface area is 142 Å². The van der Waals surface area contributed by atoms with Crippen LogP contribution in [-0.2, 0) is 4.74 Å². The first-order valence-electron chi connectivity index (χ1n) is 8.76. The summed E-state index contributed by atoms with van der Waals surface area (Å²) in [6, 6.07) is 8.50. The summed E-state index contributed by atoms with van der Waals surface area (Å²) in [5.41, 5.74) is 3.86. The number of hydrogen-bond donors (Lipinski definition) is 2. The van der Waals surface area contributed by atoms with Crippen LogP contribution in [0.4, 0.5) is 5.82 Å². The molecule has 2 aliphatic rings. The van der Waals surface area contributed by atoms with Crippen LogP contribution < -0.4 is 10.6 Å². The zero-order valence-electron chi connectivity index (χ0n) is 14.0. The van der Waals surface area contributed by atoms with E-state index in [0.717, 1.165) is 38.4 Å². The van der Waals surface area contributed by atoms with Gasteiger partial charge in [0.2, 0.25) is 0 Å². The Morgan fingerprint density at radius 3 is 2.88 bits per heavy atom. The van der Waals surface area contributed by atoms with Gasteiger partial charge in [0.1, 0.15) is 5.82 Å². The molecule has 1 aliphatic heterocycles. The molecule has 2 aromatic heterocycles. The van der Waals surface area contributed by atoms with Crippen LogP contribution >= 0.6 is 0 Å². The van der Waals surface area contributed by atoms with Gasteiger partial charge in [-0.1, -0.05) is 6.07 Å². The van der Waals surface area contributed by atoms with Crippen LogP contribution in [-0.4, -0.2) is 36.7 Å². The molecule has 1 unspecified atom stereocenters. The van der Waals surface area contributed by atoms with Gasteiger partial charge in [0.25, 0.3) is 0 Å². The molecule has 0 spiro atoms. The number of ether oxygens (including phenoxy) is 1. The zero-order valence-corrected chi connectivity index (χ0v) is 14.0. The SMILES string of the molecule is CNc1cc(C2CC(c3ncccc3C3CNCCO3)C2)ccn1. The topological polar surface area (TPSA) is 59.1 Å². The summed E-state index contributed by atoms with van der Waals surface area (Å²) in [7, 11) is 1.91. The van der Waals surface area contributed by atoms with Gasteiger partial charge < -0.3 is 15.4 Å². The Morgan fingerprint density at radius 2 is 2.08 bits per heavy atom. The second-order valence-corrected chi connectivity index (χ2v) is 6.63. The number of rotatable bonds is 4. The number of nitrogens with zero attached hydrogens (tertiary/aromatic N) is 2. The largest absolute Gasteiger partial charge is 0.373 e. The van der Waals surface area contributed by atoms with Crippen molar-refractivity contribution in [2.24, 2.45) is 0 Å². The maximum Gasteiger partial charge on any atom is 0.125 e. The van der Waals surface area contributed by atoms with Crippen molar-refractivity contribution in [3.8, 4) is 0 Å². The summed E-state index contributed by atoms with van der Waals surface area (Å²) in [5.74, 6) is 2.07. The lowest BCUT2D eigenvalue weighted by atomic mass is 9.69. The molecule has 0 amide bonds. The van der Waals surface area contributed by atoms with Crippen LogP contribution in [0.1, 0.15) is 47.6 Å². The van der Waals surface area contributed by atoms with Crippen LogP contribution in [0.5, 0.6) is 0 Å². The summed E-state index contributed by atoms with van der Waals surface area (Å²) in [6.07, 6.45) is 6.24. The number of aromatic nitrogens is 2. The molecule has 1 aliphatic carbocycles. The minimum atomic E-state index is 0.137. The van der Waals surface area contributed by atoms with E-state index in [9.17, 15) is 0 Å². The highest BCUT2D eigenvalue weighted by molar-refractivity contribution is 5.40. The van der Waals surface area contributed by atoms with Crippen LogP contribution in [0.2, 0.25) is 0 Å². The van der Waals surface area contributed by atoms with Crippen molar-refractivity contribution in [1.82, 2.24) is 15.3 Å². The molecule has 3 heterocycles. The van der Waals surface area contributed by atoms with E-state index in [4.69, 9.17) is 9.72 Å². The Kier molecular flexibility index (Phi) is 4.45. The molecule has 0 radical (unpaired) electrons. The lowest BCUT2D eigenvalue weighted by Gasteiger charge is -2.37. The third-order valence-electron chi connectivity index (χ3n) is 5.18. The molecule has 5 heteroatoms. The second kappa shape index (κ2) is 6.87. The smallest absolute Gasteiger partial charge is 0.125 e. The summed E-state index contributed by atoms with van der Waals surface area (Å²) in [5, 5.41) is 6.53. The molecule has 1 atom stereocenters. The summed E-state index contributed by atoms with van der Waals surface area (Å²) >= 11 is 0. The van der Waals surface area contributed by atoms with Crippen molar-refractivity contribution in [3.63, 3.8) is 0 Å². The predicted molar refractivity (Wildman–Crippen MR) is 94.3 cm³/mol. The minimum absolute atomic E-state index is 0.137. The molecule has 1 saturated carbocycles. The van der Waals surface area contributed by atoms with E-state index in [0.29, 0.717) is 11.8 Å². The van der Waals surface area contributed by atoms with Gasteiger partial charge in [0.15, 0.2) is 0 Å². The Balaban J connectivity index is 1.48. The predicted octanol–water partition coefficient (Wildman–Crippen LogP) is 2.84. The van der Waals surface area contributed by atoms with Crippen LogP contribution in [0, 0.1) is 0 Å². The maximum atomic E-state index is 5.95. The average molecular weight is 324 g/mol. The minimum Gasteiger partial charge on any atom is -0.373 e. The summed E-state index contributed by atoms with van der Waals surface area (Å²) in [6.45, 7) is 2.59. The molecule has 0 bridgehead atoms. The standard InChI is InChI=1S/C19H24N4O/c1-20-18-11-13(4-6-22-18)14-9-15(10-14)19-16(3-2-5-23-19)17-12-21-7-8-24-17/h2-6,11,14-15,17,21H,7-10,12H2,1H3,(H,20,22). The summed E-state index contributed by atoms with van der Waals surface area (Å²) < 4.78 is 5.95. The van der Waals surface area contributed by atoms with Crippen molar-refractivity contribution >= 4 is 5.82 Å². The molecular weight excluding hydrogens is 300 g/mol. The fourth-order valence-corrected chi connectivity index (χ4v) is 3.76. The normalized spacial score (nSPS) is 26.6. The van der Waals surface area contributed by atoms with Gasteiger partial charge in [-0.3, -0.25) is 4.98 Å². The van der Waals surface area contributed by atoms with Gasteiger partial charge in [-0.05, 0) is 42.5 Å². The third-order valence-corrected chi connectivity index (χ3v) is 5.18. The van der Waals surface area contributed by atoms with E-state index in [-0.39, 0.29) is 6.10 Å². The number of anilines is 1. The van der Waals surface area contributed by atoms with Crippen molar-refractivity contribution in [1.29, 1.82) is 0 Å². The van der Waals surface area contributed by atoms with E-state index in [1.165, 1.54) is 16.8 Å². The van der Waals surface area contributed by atoms with Gasteiger partial charge in [-0.25, -0.2) is 4.98 Å². The van der Waals surface area contributed by atoms with E-state index in [1.54, 1.807) is 0 Å². The van der Waals surface area contributed by atoms with Crippen molar-refractivity contribution in [2.75, 3.05) is 32.1 Å². The van der Waals surface area contributed by atoms with E-state index >= 15 is 0 Å². The Morgan fingerprint density at radius 1 is 1.17 bits per heavy atom. The zero-order chi connectivity index (χ0) is 16.4.